The van der Waals surface area contributed by atoms with Gasteiger partial charge in [0.1, 0.15) is 11.2 Å². The highest BCUT2D eigenvalue weighted by Gasteiger charge is 2.29. The molecular weight excluding hydrogens is 342 g/mol. The van der Waals surface area contributed by atoms with E-state index in [1.807, 2.05) is 19.0 Å². The standard InChI is InChI=1S/C16H21N5O3S/c1-19(2)8-9-20(3)16(22)15-13-10-18-25(23,24)14-7-5-4-6-12(14)21(13)11-17-15/h4-7,11,18H,8-10H2,1-3H3. The van der Waals surface area contributed by atoms with Gasteiger partial charge >= 0.3 is 0 Å². The minimum absolute atomic E-state index is 0.0135. The van der Waals surface area contributed by atoms with Gasteiger partial charge in [-0.1, -0.05) is 12.1 Å². The van der Waals surface area contributed by atoms with Gasteiger partial charge < -0.3 is 9.80 Å². The summed E-state index contributed by atoms with van der Waals surface area (Å²) in [4.78, 5) is 20.7. The molecule has 25 heavy (non-hydrogen) atoms. The molecule has 9 heteroatoms. The number of likely N-dealkylation sites (N-methyl/N-ethyl adjacent to an activating group) is 2. The van der Waals surface area contributed by atoms with Crippen molar-refractivity contribution < 1.29 is 13.2 Å². The van der Waals surface area contributed by atoms with Gasteiger partial charge in [-0.25, -0.2) is 18.1 Å². The molecule has 3 rings (SSSR count). The molecule has 0 aliphatic carbocycles. The minimum Gasteiger partial charge on any atom is -0.339 e. The molecule has 0 fully saturated rings. The zero-order valence-corrected chi connectivity index (χ0v) is 15.2. The summed E-state index contributed by atoms with van der Waals surface area (Å²) in [6, 6.07) is 6.67. The lowest BCUT2D eigenvalue weighted by Crippen LogP contribution is -2.34. The number of fused-ring (bicyclic) bond motifs is 3. The van der Waals surface area contributed by atoms with E-state index in [2.05, 4.69) is 9.71 Å². The van der Waals surface area contributed by atoms with Crippen LogP contribution in [-0.4, -0.2) is 67.9 Å². The first-order valence-corrected chi connectivity index (χ1v) is 9.35. The van der Waals surface area contributed by atoms with Crippen molar-refractivity contribution >= 4 is 15.9 Å². The van der Waals surface area contributed by atoms with Crippen molar-refractivity contribution in [1.82, 2.24) is 24.1 Å². The predicted octanol–water partition coefficient (Wildman–Crippen LogP) is 0.298. The first-order valence-electron chi connectivity index (χ1n) is 7.87. The number of hydrogen-bond acceptors (Lipinski definition) is 5. The van der Waals surface area contributed by atoms with E-state index < -0.39 is 10.0 Å². The molecule has 0 radical (unpaired) electrons. The van der Waals surface area contributed by atoms with Crippen molar-refractivity contribution in [2.45, 2.75) is 11.4 Å². The van der Waals surface area contributed by atoms with Gasteiger partial charge in [0.2, 0.25) is 10.0 Å². The minimum atomic E-state index is -3.63. The molecule has 134 valence electrons. The Bertz CT molecular complexity index is 904. The predicted molar refractivity (Wildman–Crippen MR) is 93.1 cm³/mol. The average molecular weight is 363 g/mol. The third kappa shape index (κ3) is 3.30. The number of hydrogen-bond donors (Lipinski definition) is 1. The van der Waals surface area contributed by atoms with Gasteiger partial charge in [0.15, 0.2) is 5.69 Å². The second kappa shape index (κ2) is 6.58. The molecule has 1 aliphatic rings. The van der Waals surface area contributed by atoms with Gasteiger partial charge in [-0.2, -0.15) is 0 Å². The Kier molecular flexibility index (Phi) is 4.63. The SMILES string of the molecule is CN(C)CCN(C)C(=O)c1ncn2c1CNS(=O)(=O)c1ccccc1-2. The van der Waals surface area contributed by atoms with Crippen LogP contribution in [0.3, 0.4) is 0 Å². The Morgan fingerprint density at radius 3 is 2.68 bits per heavy atom. The Balaban J connectivity index is 2.00. The molecule has 0 bridgehead atoms. The summed E-state index contributed by atoms with van der Waals surface area (Å²) in [5.74, 6) is -0.228. The number of nitrogens with one attached hydrogen (secondary N) is 1. The van der Waals surface area contributed by atoms with Crippen LogP contribution < -0.4 is 4.72 Å². The largest absolute Gasteiger partial charge is 0.339 e. The maximum atomic E-state index is 12.7. The first kappa shape index (κ1) is 17.6. The lowest BCUT2D eigenvalue weighted by Gasteiger charge is -2.19. The molecule has 0 saturated heterocycles. The summed E-state index contributed by atoms with van der Waals surface area (Å²) >= 11 is 0. The first-order chi connectivity index (χ1) is 11.8. The lowest BCUT2D eigenvalue weighted by molar-refractivity contribution is 0.0779. The molecule has 2 heterocycles. The summed E-state index contributed by atoms with van der Waals surface area (Å²) in [6.45, 7) is 1.30. The van der Waals surface area contributed by atoms with Crippen molar-refractivity contribution in [1.29, 1.82) is 0 Å². The van der Waals surface area contributed by atoms with Gasteiger partial charge in [0.25, 0.3) is 5.91 Å². The molecule has 0 saturated carbocycles. The number of aromatic nitrogens is 2. The molecular formula is C16H21N5O3S. The van der Waals surface area contributed by atoms with Crippen molar-refractivity contribution in [3.63, 3.8) is 0 Å². The van der Waals surface area contributed by atoms with E-state index >= 15 is 0 Å². The number of rotatable bonds is 4. The Hall–Kier alpha value is -2.23. The molecule has 1 aliphatic heterocycles. The summed E-state index contributed by atoms with van der Waals surface area (Å²) in [5, 5.41) is 0. The number of para-hydroxylation sites is 1. The van der Waals surface area contributed by atoms with Crippen LogP contribution in [0.5, 0.6) is 0 Å². The molecule has 1 N–H and O–H groups in total. The van der Waals surface area contributed by atoms with Crippen LogP contribution in [0.15, 0.2) is 35.5 Å². The highest BCUT2D eigenvalue weighted by Crippen LogP contribution is 2.26. The summed E-state index contributed by atoms with van der Waals surface area (Å²) in [6.07, 6.45) is 1.50. The number of nitrogens with zero attached hydrogens (tertiary/aromatic N) is 4. The summed E-state index contributed by atoms with van der Waals surface area (Å²) in [5.41, 5.74) is 1.29. The topological polar surface area (TPSA) is 87.5 Å². The zero-order chi connectivity index (χ0) is 18.2. The van der Waals surface area contributed by atoms with E-state index in [4.69, 9.17) is 0 Å². The Morgan fingerprint density at radius 1 is 1.24 bits per heavy atom. The molecule has 8 nitrogen and oxygen atoms in total. The Morgan fingerprint density at radius 2 is 1.96 bits per heavy atom. The monoisotopic (exact) mass is 363 g/mol. The quantitative estimate of drug-likeness (QED) is 0.844. The highest BCUT2D eigenvalue weighted by atomic mass is 32.2. The molecule has 1 amide bonds. The van der Waals surface area contributed by atoms with E-state index in [0.29, 0.717) is 17.9 Å². The molecule has 0 spiro atoms. The maximum Gasteiger partial charge on any atom is 0.274 e. The van der Waals surface area contributed by atoms with Crippen LogP contribution in [0, 0.1) is 0 Å². The van der Waals surface area contributed by atoms with Crippen molar-refractivity contribution in [2.24, 2.45) is 0 Å². The fourth-order valence-electron chi connectivity index (χ4n) is 2.69. The molecule has 0 unspecified atom stereocenters. The maximum absolute atomic E-state index is 12.7. The van der Waals surface area contributed by atoms with Crippen LogP contribution in [0.4, 0.5) is 0 Å². The zero-order valence-electron chi connectivity index (χ0n) is 14.4. The number of benzene rings is 1. The van der Waals surface area contributed by atoms with Crippen LogP contribution in [0.2, 0.25) is 0 Å². The third-order valence-electron chi connectivity index (χ3n) is 4.14. The summed E-state index contributed by atoms with van der Waals surface area (Å²) in [7, 11) is 1.96. The van der Waals surface area contributed by atoms with Crippen LogP contribution in [0.1, 0.15) is 16.2 Å². The fraction of sp³-hybridized carbons (Fsp3) is 0.375. The molecule has 1 aromatic carbocycles. The van der Waals surface area contributed by atoms with Crippen LogP contribution >= 0.6 is 0 Å². The number of carbonyl (C=O) groups excluding carboxylic acids is 1. The van der Waals surface area contributed by atoms with Gasteiger partial charge in [-0.3, -0.25) is 9.36 Å². The molecule has 0 atom stereocenters. The van der Waals surface area contributed by atoms with Gasteiger partial charge in [0.05, 0.1) is 17.9 Å². The van der Waals surface area contributed by atoms with Crippen LogP contribution in [0.25, 0.3) is 5.69 Å². The number of carbonyl (C=O) groups is 1. The van der Waals surface area contributed by atoms with Crippen molar-refractivity contribution in [3.8, 4) is 5.69 Å². The second-order valence-electron chi connectivity index (χ2n) is 6.23. The normalized spacial score (nSPS) is 15.4. The number of sulfonamides is 1. The fourth-order valence-corrected chi connectivity index (χ4v) is 3.87. The van der Waals surface area contributed by atoms with E-state index in [0.717, 1.165) is 6.54 Å². The number of imidazole rings is 1. The molecule has 1 aromatic heterocycles. The van der Waals surface area contributed by atoms with E-state index in [1.54, 1.807) is 34.7 Å². The molecule has 2 aromatic rings. The van der Waals surface area contributed by atoms with Crippen molar-refractivity contribution in [2.75, 3.05) is 34.2 Å². The van der Waals surface area contributed by atoms with E-state index in [9.17, 15) is 13.2 Å². The van der Waals surface area contributed by atoms with Crippen molar-refractivity contribution in [3.05, 3.63) is 42.0 Å². The van der Waals surface area contributed by atoms with Gasteiger partial charge in [-0.05, 0) is 26.2 Å². The van der Waals surface area contributed by atoms with Gasteiger partial charge in [0, 0.05) is 20.1 Å². The number of amides is 1. The smallest absolute Gasteiger partial charge is 0.274 e. The average Bonchev–Trinajstić information content (AvgIpc) is 2.96. The summed E-state index contributed by atoms with van der Waals surface area (Å²) < 4.78 is 29.0. The second-order valence-corrected chi connectivity index (χ2v) is 7.97. The van der Waals surface area contributed by atoms with Gasteiger partial charge in [-0.15, -0.1) is 0 Å². The van der Waals surface area contributed by atoms with Crippen LogP contribution in [-0.2, 0) is 16.6 Å². The highest BCUT2D eigenvalue weighted by molar-refractivity contribution is 7.89. The Labute approximate surface area is 147 Å². The van der Waals surface area contributed by atoms with E-state index in [-0.39, 0.29) is 23.0 Å². The van der Waals surface area contributed by atoms with E-state index in [1.165, 1.54) is 12.4 Å². The lowest BCUT2D eigenvalue weighted by atomic mass is 10.2. The third-order valence-corrected chi connectivity index (χ3v) is 5.59.